The summed E-state index contributed by atoms with van der Waals surface area (Å²) in [5.74, 6) is 0.614. The molecule has 5 nitrogen and oxygen atoms in total. The van der Waals surface area contributed by atoms with Crippen LogP contribution in [-0.2, 0) is 9.59 Å². The molecular formula is C26H32N3O2S+. The molecule has 4 rings (SSSR count). The van der Waals surface area contributed by atoms with Crippen molar-refractivity contribution in [2.24, 2.45) is 5.92 Å². The van der Waals surface area contributed by atoms with Crippen LogP contribution in [0.5, 0.6) is 0 Å². The lowest BCUT2D eigenvalue weighted by Gasteiger charge is -2.30. The van der Waals surface area contributed by atoms with Crippen molar-refractivity contribution >= 4 is 35.3 Å². The first-order valence-corrected chi connectivity index (χ1v) is 12.4. The van der Waals surface area contributed by atoms with Gasteiger partial charge in [-0.05, 0) is 42.5 Å². The number of carbonyl (C=O) groups is 2. The van der Waals surface area contributed by atoms with Crippen LogP contribution in [0, 0.1) is 5.92 Å². The highest BCUT2D eigenvalue weighted by molar-refractivity contribution is 8.04. The normalized spacial score (nSPS) is 22.0. The summed E-state index contributed by atoms with van der Waals surface area (Å²) in [6.07, 6.45) is 5.47. The van der Waals surface area contributed by atoms with Crippen molar-refractivity contribution in [1.82, 2.24) is 5.32 Å². The second-order valence-electron chi connectivity index (χ2n) is 8.77. The predicted octanol–water partition coefficient (Wildman–Crippen LogP) is 2.99. The lowest BCUT2D eigenvalue weighted by Crippen LogP contribution is -3.13. The molecule has 2 aromatic carbocycles. The monoisotopic (exact) mass is 450 g/mol. The number of anilines is 1. The van der Waals surface area contributed by atoms with Crippen molar-refractivity contribution in [1.29, 1.82) is 0 Å². The summed E-state index contributed by atoms with van der Waals surface area (Å²) in [5.41, 5.74) is 1.77. The number of benzene rings is 2. The van der Waals surface area contributed by atoms with Crippen molar-refractivity contribution in [3.63, 3.8) is 0 Å². The van der Waals surface area contributed by atoms with Gasteiger partial charge in [0, 0.05) is 17.9 Å². The van der Waals surface area contributed by atoms with Crippen molar-refractivity contribution in [2.75, 3.05) is 37.6 Å². The number of nitrogens with zero attached hydrogens (tertiary/aromatic N) is 1. The van der Waals surface area contributed by atoms with E-state index in [1.807, 2.05) is 60.7 Å². The molecule has 1 fully saturated rings. The van der Waals surface area contributed by atoms with Crippen LogP contribution in [0.3, 0.4) is 0 Å². The third kappa shape index (κ3) is 5.81. The van der Waals surface area contributed by atoms with E-state index in [-0.39, 0.29) is 18.4 Å². The lowest BCUT2D eigenvalue weighted by atomic mass is 9.99. The van der Waals surface area contributed by atoms with Gasteiger partial charge in [0.15, 0.2) is 0 Å². The first-order valence-electron chi connectivity index (χ1n) is 11.6. The van der Waals surface area contributed by atoms with E-state index < -0.39 is 0 Å². The van der Waals surface area contributed by atoms with E-state index >= 15 is 0 Å². The average Bonchev–Trinajstić information content (AvgIpc) is 2.81. The average molecular weight is 451 g/mol. The van der Waals surface area contributed by atoms with E-state index in [0.29, 0.717) is 11.4 Å². The van der Waals surface area contributed by atoms with Gasteiger partial charge in [0.1, 0.15) is 6.54 Å². The maximum Gasteiger partial charge on any atom is 0.265 e. The number of likely N-dealkylation sites (tertiary alicyclic amines) is 1. The molecule has 2 heterocycles. The molecule has 0 unspecified atom stereocenters. The molecule has 32 heavy (non-hydrogen) atoms. The second kappa shape index (κ2) is 10.8. The SMILES string of the molecule is CC1CC[NH+](CCCNC(=O)CN2C(=O)C(=Cc3ccccc3)Sc3ccccc32)CC1. The summed E-state index contributed by atoms with van der Waals surface area (Å²) >= 11 is 1.46. The van der Waals surface area contributed by atoms with Crippen molar-refractivity contribution in [3.05, 3.63) is 65.1 Å². The van der Waals surface area contributed by atoms with Crippen molar-refractivity contribution < 1.29 is 14.5 Å². The minimum Gasteiger partial charge on any atom is -0.354 e. The smallest absolute Gasteiger partial charge is 0.265 e. The van der Waals surface area contributed by atoms with E-state index in [0.717, 1.165) is 35.0 Å². The van der Waals surface area contributed by atoms with Gasteiger partial charge in [-0.25, -0.2) is 0 Å². The van der Waals surface area contributed by atoms with Crippen LogP contribution in [0.25, 0.3) is 6.08 Å². The molecule has 0 aliphatic carbocycles. The molecule has 2 aliphatic rings. The van der Waals surface area contributed by atoms with Gasteiger partial charge in [0.2, 0.25) is 5.91 Å². The fraction of sp³-hybridized carbons (Fsp3) is 0.385. The summed E-state index contributed by atoms with van der Waals surface area (Å²) < 4.78 is 0. The molecule has 2 amide bonds. The Morgan fingerprint density at radius 2 is 1.84 bits per heavy atom. The largest absolute Gasteiger partial charge is 0.354 e. The summed E-state index contributed by atoms with van der Waals surface area (Å²) in [5, 5.41) is 3.02. The Labute approximate surface area is 194 Å². The maximum absolute atomic E-state index is 13.2. The number of hydrogen-bond acceptors (Lipinski definition) is 3. The molecular weight excluding hydrogens is 418 g/mol. The van der Waals surface area contributed by atoms with Crippen LogP contribution in [0.2, 0.25) is 0 Å². The van der Waals surface area contributed by atoms with Crippen LogP contribution >= 0.6 is 11.8 Å². The molecule has 0 spiro atoms. The van der Waals surface area contributed by atoms with Gasteiger partial charge in [0.25, 0.3) is 5.91 Å². The lowest BCUT2D eigenvalue weighted by molar-refractivity contribution is -0.906. The van der Waals surface area contributed by atoms with Crippen LogP contribution in [-0.4, -0.2) is 44.5 Å². The van der Waals surface area contributed by atoms with Gasteiger partial charge < -0.3 is 10.2 Å². The molecule has 0 radical (unpaired) electrons. The van der Waals surface area contributed by atoms with Gasteiger partial charge in [0.05, 0.1) is 30.2 Å². The first kappa shape index (κ1) is 22.6. The first-order chi connectivity index (χ1) is 15.6. The fourth-order valence-corrected chi connectivity index (χ4v) is 5.36. The van der Waals surface area contributed by atoms with Crippen LogP contribution in [0.15, 0.2) is 64.4 Å². The molecule has 0 saturated carbocycles. The van der Waals surface area contributed by atoms with E-state index in [1.165, 1.54) is 37.7 Å². The molecule has 0 bridgehead atoms. The zero-order chi connectivity index (χ0) is 22.3. The highest BCUT2D eigenvalue weighted by atomic mass is 32.2. The number of quaternary nitrogens is 1. The summed E-state index contributed by atoms with van der Waals surface area (Å²) in [7, 11) is 0. The third-order valence-corrected chi connectivity index (χ3v) is 7.32. The van der Waals surface area contributed by atoms with Crippen LogP contribution < -0.4 is 15.1 Å². The minimum atomic E-state index is -0.125. The summed E-state index contributed by atoms with van der Waals surface area (Å²) in [6, 6.07) is 17.6. The number of rotatable bonds is 7. The molecule has 6 heteroatoms. The molecule has 168 valence electrons. The van der Waals surface area contributed by atoms with Gasteiger partial charge in [-0.1, -0.05) is 61.2 Å². The number of amides is 2. The van der Waals surface area contributed by atoms with Gasteiger partial charge in [-0.15, -0.1) is 0 Å². The maximum atomic E-state index is 13.2. The molecule has 2 aliphatic heterocycles. The molecule has 0 aromatic heterocycles. The number of piperidine rings is 1. The summed E-state index contributed by atoms with van der Waals surface area (Å²) in [4.78, 5) is 30.8. The molecule has 0 atom stereocenters. The van der Waals surface area contributed by atoms with Gasteiger partial charge >= 0.3 is 0 Å². The van der Waals surface area contributed by atoms with Crippen molar-refractivity contribution in [3.8, 4) is 0 Å². The minimum absolute atomic E-state index is 0.0383. The van der Waals surface area contributed by atoms with Crippen molar-refractivity contribution in [2.45, 2.75) is 31.1 Å². The van der Waals surface area contributed by atoms with Gasteiger partial charge in [-0.2, -0.15) is 0 Å². The third-order valence-electron chi connectivity index (χ3n) is 6.24. The Morgan fingerprint density at radius 3 is 2.62 bits per heavy atom. The number of thioether (sulfide) groups is 1. The molecule has 2 aromatic rings. The second-order valence-corrected chi connectivity index (χ2v) is 9.85. The van der Waals surface area contributed by atoms with Gasteiger partial charge in [-0.3, -0.25) is 14.5 Å². The standard InChI is InChI=1S/C26H31N3O2S/c1-20-12-16-28(17-13-20)15-7-14-27-25(30)19-29-22-10-5-6-11-23(22)32-24(26(29)31)18-21-8-3-2-4-9-21/h2-6,8-11,18,20H,7,12-17,19H2,1H3,(H,27,30)/p+1. The summed E-state index contributed by atoms with van der Waals surface area (Å²) in [6.45, 7) is 6.60. The zero-order valence-electron chi connectivity index (χ0n) is 18.7. The Morgan fingerprint density at radius 1 is 1.12 bits per heavy atom. The van der Waals surface area contributed by atoms with E-state index in [2.05, 4.69) is 12.2 Å². The number of nitrogens with one attached hydrogen (secondary N) is 2. The zero-order valence-corrected chi connectivity index (χ0v) is 19.5. The Hall–Kier alpha value is -2.57. The number of carbonyl (C=O) groups excluding carboxylic acids is 2. The Kier molecular flexibility index (Phi) is 7.66. The highest BCUT2D eigenvalue weighted by Gasteiger charge is 2.30. The predicted molar refractivity (Wildman–Crippen MR) is 131 cm³/mol. The van der Waals surface area contributed by atoms with Crippen LogP contribution in [0.4, 0.5) is 5.69 Å². The topological polar surface area (TPSA) is 53.9 Å². The molecule has 2 N–H and O–H groups in total. The van der Waals surface area contributed by atoms with E-state index in [9.17, 15) is 9.59 Å². The fourth-order valence-electron chi connectivity index (χ4n) is 4.31. The molecule has 1 saturated heterocycles. The quantitative estimate of drug-likeness (QED) is 0.504. The Bertz CT molecular complexity index is 968. The van der Waals surface area contributed by atoms with Crippen LogP contribution in [0.1, 0.15) is 31.7 Å². The number of fused-ring (bicyclic) bond motifs is 1. The van der Waals surface area contributed by atoms with E-state index in [1.54, 1.807) is 9.80 Å². The van der Waals surface area contributed by atoms with E-state index in [4.69, 9.17) is 0 Å². The number of hydrogen-bond donors (Lipinski definition) is 2. The number of para-hydroxylation sites is 1. The highest BCUT2D eigenvalue weighted by Crippen LogP contribution is 2.41. The Balaban J connectivity index is 1.36.